The highest BCUT2D eigenvalue weighted by molar-refractivity contribution is 5.32. The third-order valence-electron chi connectivity index (χ3n) is 2.43. The summed E-state index contributed by atoms with van der Waals surface area (Å²) in [6.07, 6.45) is -1.42. The Morgan fingerprint density at radius 2 is 1.82 bits per heavy atom. The molecule has 3 aliphatic rings. The zero-order valence-corrected chi connectivity index (χ0v) is 5.96. The van der Waals surface area contributed by atoms with Crippen LogP contribution in [0.4, 0.5) is 13.2 Å². The molecule has 0 atom stereocenters. The van der Waals surface area contributed by atoms with Gasteiger partial charge in [0, 0.05) is 5.54 Å². The topological polar surface area (TPSA) is 12.0 Å². The van der Waals surface area contributed by atoms with Gasteiger partial charge >= 0.3 is 6.18 Å². The molecule has 1 nitrogen and oxygen atoms in total. The molecule has 0 aliphatic heterocycles. The highest BCUT2D eigenvalue weighted by atomic mass is 19.4. The van der Waals surface area contributed by atoms with Gasteiger partial charge in [0.15, 0.2) is 0 Å². The second-order valence-corrected chi connectivity index (χ2v) is 3.53. The smallest absolute Gasteiger partial charge is 0.303 e. The average molecular weight is 164 g/mol. The van der Waals surface area contributed by atoms with Crippen LogP contribution in [0.15, 0.2) is 0 Å². The first-order valence-corrected chi connectivity index (χ1v) is 3.65. The fourth-order valence-electron chi connectivity index (χ4n) is 1.76. The van der Waals surface area contributed by atoms with E-state index >= 15 is 0 Å². The second kappa shape index (κ2) is 1.91. The zero-order chi connectivity index (χ0) is 8.11. The van der Waals surface area contributed by atoms with Crippen molar-refractivity contribution in [3.8, 4) is 0 Å². The molecular formula is C7H9F3N. The highest BCUT2D eigenvalue weighted by Gasteiger charge is 2.57. The molecular weight excluding hydrogens is 155 g/mol. The predicted molar refractivity (Wildman–Crippen MR) is 33.9 cm³/mol. The molecule has 0 aromatic heterocycles. The molecule has 0 heterocycles. The van der Waals surface area contributed by atoms with E-state index in [1.165, 1.54) is 5.92 Å². The van der Waals surface area contributed by atoms with Crippen LogP contribution in [0, 0.1) is 5.92 Å². The lowest BCUT2D eigenvalue weighted by atomic mass is 9.50. The normalized spacial score (nSPS) is 27.5. The Morgan fingerprint density at radius 1 is 1.27 bits per heavy atom. The van der Waals surface area contributed by atoms with Gasteiger partial charge in [0.05, 0.1) is 6.54 Å². The number of halogens is 3. The number of rotatable bonds is 2. The summed E-state index contributed by atoms with van der Waals surface area (Å²) in [4.78, 5) is 0. The molecule has 0 aromatic rings. The summed E-state index contributed by atoms with van der Waals surface area (Å²) in [5.74, 6) is 1.42. The van der Waals surface area contributed by atoms with Gasteiger partial charge in [-0.3, -0.25) is 0 Å². The summed E-state index contributed by atoms with van der Waals surface area (Å²) in [7, 11) is 0. The Kier molecular flexibility index (Phi) is 1.29. The van der Waals surface area contributed by atoms with E-state index in [-0.39, 0.29) is 5.54 Å². The largest absolute Gasteiger partial charge is 0.401 e. The maximum atomic E-state index is 11.7. The molecule has 0 spiro atoms. The van der Waals surface area contributed by atoms with E-state index in [0.717, 1.165) is 19.3 Å². The number of hydrogen-bond donors (Lipinski definition) is 1. The maximum Gasteiger partial charge on any atom is 0.401 e. The first-order chi connectivity index (χ1) is 4.99. The Labute approximate surface area is 63.0 Å². The Hall–Kier alpha value is -0.250. The summed E-state index contributed by atoms with van der Waals surface area (Å²) < 4.78 is 35.1. The molecule has 11 heavy (non-hydrogen) atoms. The number of nitrogens with one attached hydrogen (secondary N) is 1. The van der Waals surface area contributed by atoms with Crippen LogP contribution in [0.25, 0.3) is 0 Å². The van der Waals surface area contributed by atoms with Gasteiger partial charge in [-0.1, -0.05) is 0 Å². The molecule has 1 radical (unpaired) electrons. The predicted octanol–water partition coefficient (Wildman–Crippen LogP) is 1.65. The lowest BCUT2D eigenvalue weighted by molar-refractivity contribution is -0.134. The van der Waals surface area contributed by atoms with Crippen LogP contribution in [0.3, 0.4) is 0 Å². The van der Waals surface area contributed by atoms with Gasteiger partial charge in [-0.2, -0.15) is 13.2 Å². The molecule has 63 valence electrons. The molecule has 3 rings (SSSR count). The standard InChI is InChI=1S/C7H9F3N/c8-7(9,10)4-11-6-1-5(2-6)3-6/h11H,1-4H2. The van der Waals surface area contributed by atoms with E-state index in [2.05, 4.69) is 5.32 Å². The Morgan fingerprint density at radius 3 is 2.09 bits per heavy atom. The quantitative estimate of drug-likeness (QED) is 0.654. The Bertz CT molecular complexity index is 158. The maximum absolute atomic E-state index is 11.7. The minimum atomic E-state index is -4.06. The first-order valence-electron chi connectivity index (χ1n) is 3.65. The fourth-order valence-corrected chi connectivity index (χ4v) is 1.76. The summed E-state index contributed by atoms with van der Waals surface area (Å²) in [5.41, 5.74) is -0.134. The van der Waals surface area contributed by atoms with Crippen LogP contribution in [-0.2, 0) is 0 Å². The van der Waals surface area contributed by atoms with Crippen molar-refractivity contribution in [2.75, 3.05) is 6.54 Å². The third-order valence-corrected chi connectivity index (χ3v) is 2.43. The van der Waals surface area contributed by atoms with Crippen LogP contribution < -0.4 is 5.32 Å². The van der Waals surface area contributed by atoms with Crippen molar-refractivity contribution in [3.63, 3.8) is 0 Å². The first kappa shape index (κ1) is 7.40. The van der Waals surface area contributed by atoms with Crippen molar-refractivity contribution < 1.29 is 13.2 Å². The highest BCUT2D eigenvalue weighted by Crippen LogP contribution is 2.58. The molecule has 2 bridgehead atoms. The molecule has 0 amide bonds. The van der Waals surface area contributed by atoms with Gasteiger partial charge in [0.25, 0.3) is 0 Å². The van der Waals surface area contributed by atoms with Crippen LogP contribution >= 0.6 is 0 Å². The van der Waals surface area contributed by atoms with E-state index < -0.39 is 12.7 Å². The van der Waals surface area contributed by atoms with Gasteiger partial charge < -0.3 is 5.32 Å². The number of hydrogen-bond acceptors (Lipinski definition) is 1. The molecule has 0 saturated heterocycles. The summed E-state index contributed by atoms with van der Waals surface area (Å²) in [6, 6.07) is 0. The molecule has 3 aliphatic carbocycles. The van der Waals surface area contributed by atoms with Crippen molar-refractivity contribution in [3.05, 3.63) is 5.92 Å². The van der Waals surface area contributed by atoms with Crippen LogP contribution in [0.2, 0.25) is 0 Å². The van der Waals surface area contributed by atoms with Crippen molar-refractivity contribution in [1.82, 2.24) is 5.32 Å². The SMILES string of the molecule is FC(F)(F)CNC12C[C](C1)C2. The third kappa shape index (κ3) is 1.24. The monoisotopic (exact) mass is 164 g/mol. The van der Waals surface area contributed by atoms with E-state index in [1.54, 1.807) is 0 Å². The Balaban J connectivity index is 1.74. The van der Waals surface area contributed by atoms with Gasteiger partial charge in [0.2, 0.25) is 0 Å². The molecule has 4 heteroatoms. The van der Waals surface area contributed by atoms with Crippen molar-refractivity contribution in [2.45, 2.75) is 31.0 Å². The lowest BCUT2D eigenvalue weighted by Crippen LogP contribution is -2.66. The van der Waals surface area contributed by atoms with Crippen LogP contribution in [0.5, 0.6) is 0 Å². The molecule has 1 N–H and O–H groups in total. The van der Waals surface area contributed by atoms with E-state index in [0.29, 0.717) is 0 Å². The summed E-state index contributed by atoms with van der Waals surface area (Å²) in [5, 5.41) is 2.56. The van der Waals surface area contributed by atoms with Crippen molar-refractivity contribution in [1.29, 1.82) is 0 Å². The number of alkyl halides is 3. The van der Waals surface area contributed by atoms with Gasteiger partial charge in [-0.15, -0.1) is 0 Å². The lowest BCUT2D eigenvalue weighted by Gasteiger charge is -2.61. The van der Waals surface area contributed by atoms with Crippen LogP contribution in [0.1, 0.15) is 19.3 Å². The summed E-state index contributed by atoms with van der Waals surface area (Å²) in [6.45, 7) is -0.833. The minimum Gasteiger partial charge on any atom is -0.303 e. The van der Waals surface area contributed by atoms with E-state index in [4.69, 9.17) is 0 Å². The van der Waals surface area contributed by atoms with E-state index in [1.807, 2.05) is 0 Å². The molecule has 0 aromatic carbocycles. The minimum absolute atomic E-state index is 0.134. The summed E-state index contributed by atoms with van der Waals surface area (Å²) >= 11 is 0. The van der Waals surface area contributed by atoms with Gasteiger partial charge in [-0.25, -0.2) is 0 Å². The second-order valence-electron chi connectivity index (χ2n) is 3.53. The van der Waals surface area contributed by atoms with Gasteiger partial charge in [0.1, 0.15) is 0 Å². The molecule has 3 fully saturated rings. The molecule has 0 unspecified atom stereocenters. The molecule has 3 saturated carbocycles. The van der Waals surface area contributed by atoms with Gasteiger partial charge in [-0.05, 0) is 25.2 Å². The van der Waals surface area contributed by atoms with Crippen molar-refractivity contribution in [2.24, 2.45) is 0 Å². The zero-order valence-electron chi connectivity index (χ0n) is 5.96. The van der Waals surface area contributed by atoms with Crippen LogP contribution in [-0.4, -0.2) is 18.3 Å². The fraction of sp³-hybridized carbons (Fsp3) is 0.857. The average Bonchev–Trinajstić information content (AvgIpc) is 1.52. The van der Waals surface area contributed by atoms with E-state index in [9.17, 15) is 13.2 Å². The van der Waals surface area contributed by atoms with Crippen molar-refractivity contribution >= 4 is 0 Å².